The van der Waals surface area contributed by atoms with Crippen LogP contribution in [-0.2, 0) is 17.9 Å². The molecule has 0 saturated carbocycles. The van der Waals surface area contributed by atoms with Gasteiger partial charge in [-0.05, 0) is 25.3 Å². The molecule has 0 spiro atoms. The highest BCUT2D eigenvalue weighted by Crippen LogP contribution is 2.29. The number of rotatable bonds is 7. The third kappa shape index (κ3) is 4.13. The normalized spacial score (nSPS) is 14.1. The fourth-order valence-corrected chi connectivity index (χ4v) is 3.75. The summed E-state index contributed by atoms with van der Waals surface area (Å²) in [5.74, 6) is -0.0727. The molecular weight excluding hydrogens is 322 g/mol. The standard InChI is InChI=1S/C18H23N3O2S/c1-2-23-13-15-16(24-18(20-15)21-10-6-7-11-21)17(22)19-12-14-8-4-3-5-9-14/h3-5,8-9H,2,6-7,10-13H2,1H3,(H,19,22). The number of hydrogen-bond donors (Lipinski definition) is 1. The number of ether oxygens (including phenoxy) is 1. The first-order chi connectivity index (χ1) is 11.8. The van der Waals surface area contributed by atoms with Crippen molar-refractivity contribution in [2.75, 3.05) is 24.6 Å². The molecule has 2 heterocycles. The summed E-state index contributed by atoms with van der Waals surface area (Å²) in [7, 11) is 0. The molecule has 6 heteroatoms. The second kappa shape index (κ2) is 8.26. The quantitative estimate of drug-likeness (QED) is 0.837. The lowest BCUT2D eigenvalue weighted by atomic mass is 10.2. The first-order valence-electron chi connectivity index (χ1n) is 8.42. The Hall–Kier alpha value is -1.92. The molecule has 1 aliphatic heterocycles. The number of carbonyl (C=O) groups is 1. The molecule has 0 unspecified atom stereocenters. The summed E-state index contributed by atoms with van der Waals surface area (Å²) in [4.78, 5) is 20.2. The van der Waals surface area contributed by atoms with E-state index < -0.39 is 0 Å². The Balaban J connectivity index is 1.72. The number of anilines is 1. The summed E-state index contributed by atoms with van der Waals surface area (Å²) < 4.78 is 5.49. The molecule has 1 N–H and O–H groups in total. The van der Waals surface area contributed by atoms with Gasteiger partial charge in [0.15, 0.2) is 5.13 Å². The van der Waals surface area contributed by atoms with Gasteiger partial charge in [0.2, 0.25) is 0 Å². The van der Waals surface area contributed by atoms with Crippen molar-refractivity contribution in [1.82, 2.24) is 10.3 Å². The molecule has 0 atom stereocenters. The highest BCUT2D eigenvalue weighted by Gasteiger charge is 2.22. The van der Waals surface area contributed by atoms with E-state index in [9.17, 15) is 4.79 Å². The monoisotopic (exact) mass is 345 g/mol. The largest absolute Gasteiger partial charge is 0.375 e. The maximum absolute atomic E-state index is 12.6. The van der Waals surface area contributed by atoms with Crippen LogP contribution < -0.4 is 10.2 Å². The van der Waals surface area contributed by atoms with Gasteiger partial charge in [0.1, 0.15) is 4.88 Å². The molecule has 3 rings (SSSR count). The molecule has 2 aromatic rings. The third-order valence-corrected chi connectivity index (χ3v) is 5.16. The van der Waals surface area contributed by atoms with Crippen LogP contribution in [0.15, 0.2) is 30.3 Å². The third-order valence-electron chi connectivity index (χ3n) is 4.01. The lowest BCUT2D eigenvalue weighted by Gasteiger charge is -2.12. The lowest BCUT2D eigenvalue weighted by molar-refractivity contribution is 0.0944. The predicted molar refractivity (Wildman–Crippen MR) is 96.5 cm³/mol. The van der Waals surface area contributed by atoms with Gasteiger partial charge in [0, 0.05) is 26.2 Å². The van der Waals surface area contributed by atoms with E-state index >= 15 is 0 Å². The van der Waals surface area contributed by atoms with E-state index in [1.54, 1.807) is 0 Å². The maximum Gasteiger partial charge on any atom is 0.263 e. The first-order valence-corrected chi connectivity index (χ1v) is 9.24. The van der Waals surface area contributed by atoms with Gasteiger partial charge in [-0.2, -0.15) is 0 Å². The van der Waals surface area contributed by atoms with Crippen LogP contribution in [0.2, 0.25) is 0 Å². The van der Waals surface area contributed by atoms with Crippen molar-refractivity contribution in [2.24, 2.45) is 0 Å². The minimum absolute atomic E-state index is 0.0727. The molecule has 1 aliphatic rings. The van der Waals surface area contributed by atoms with Crippen molar-refractivity contribution in [3.63, 3.8) is 0 Å². The zero-order valence-electron chi connectivity index (χ0n) is 14.0. The Morgan fingerprint density at radius 3 is 2.75 bits per heavy atom. The van der Waals surface area contributed by atoms with Gasteiger partial charge < -0.3 is 15.0 Å². The molecule has 1 fully saturated rings. The molecular formula is C18H23N3O2S. The minimum Gasteiger partial charge on any atom is -0.375 e. The number of thiazole rings is 1. The van der Waals surface area contributed by atoms with Crippen molar-refractivity contribution in [3.8, 4) is 0 Å². The average molecular weight is 345 g/mol. The van der Waals surface area contributed by atoms with Crippen LogP contribution in [0.1, 0.15) is 40.7 Å². The highest BCUT2D eigenvalue weighted by molar-refractivity contribution is 7.17. The molecule has 5 nitrogen and oxygen atoms in total. The summed E-state index contributed by atoms with van der Waals surface area (Å²) in [6.07, 6.45) is 2.38. The summed E-state index contributed by atoms with van der Waals surface area (Å²) in [6, 6.07) is 9.92. The molecule has 1 saturated heterocycles. The van der Waals surface area contributed by atoms with E-state index in [1.807, 2.05) is 37.3 Å². The van der Waals surface area contributed by atoms with Crippen LogP contribution in [0.25, 0.3) is 0 Å². The highest BCUT2D eigenvalue weighted by atomic mass is 32.1. The molecule has 0 bridgehead atoms. The Morgan fingerprint density at radius 2 is 2.04 bits per heavy atom. The summed E-state index contributed by atoms with van der Waals surface area (Å²) >= 11 is 1.47. The molecule has 1 amide bonds. The van der Waals surface area contributed by atoms with Crippen molar-refractivity contribution < 1.29 is 9.53 Å². The molecule has 0 aliphatic carbocycles. The molecule has 0 radical (unpaired) electrons. The van der Waals surface area contributed by atoms with Gasteiger partial charge in [-0.1, -0.05) is 41.7 Å². The van der Waals surface area contributed by atoms with Crippen molar-refractivity contribution in [2.45, 2.75) is 32.9 Å². The molecule has 1 aromatic heterocycles. The smallest absolute Gasteiger partial charge is 0.263 e. The lowest BCUT2D eigenvalue weighted by Crippen LogP contribution is -2.23. The fraction of sp³-hybridized carbons (Fsp3) is 0.444. The topological polar surface area (TPSA) is 54.5 Å². The molecule has 24 heavy (non-hydrogen) atoms. The SMILES string of the molecule is CCOCc1nc(N2CCCC2)sc1C(=O)NCc1ccccc1. The Morgan fingerprint density at radius 1 is 1.29 bits per heavy atom. The second-order valence-corrected chi connectivity index (χ2v) is 6.75. The number of nitrogens with zero attached hydrogens (tertiary/aromatic N) is 2. The van der Waals surface area contributed by atoms with Crippen molar-refractivity contribution >= 4 is 22.4 Å². The van der Waals surface area contributed by atoms with Crippen LogP contribution >= 0.6 is 11.3 Å². The average Bonchev–Trinajstić information content (AvgIpc) is 3.28. The van der Waals surface area contributed by atoms with Gasteiger partial charge in [0.25, 0.3) is 5.91 Å². The van der Waals surface area contributed by atoms with Crippen molar-refractivity contribution in [3.05, 3.63) is 46.5 Å². The maximum atomic E-state index is 12.6. The van der Waals surface area contributed by atoms with Gasteiger partial charge in [0.05, 0.1) is 12.3 Å². The summed E-state index contributed by atoms with van der Waals surface area (Å²) in [6.45, 7) is 5.50. The predicted octanol–water partition coefficient (Wildman–Crippen LogP) is 3.21. The Labute approximate surface area is 146 Å². The summed E-state index contributed by atoms with van der Waals surface area (Å²) in [5.41, 5.74) is 1.83. The Bertz CT molecular complexity index is 666. The van der Waals surface area contributed by atoms with Gasteiger partial charge in [-0.15, -0.1) is 0 Å². The van der Waals surface area contributed by atoms with E-state index in [4.69, 9.17) is 4.74 Å². The number of aromatic nitrogens is 1. The van der Waals surface area contributed by atoms with Gasteiger partial charge in [-0.25, -0.2) is 4.98 Å². The zero-order valence-corrected chi connectivity index (χ0v) is 14.8. The van der Waals surface area contributed by atoms with E-state index in [0.29, 0.717) is 24.6 Å². The van der Waals surface area contributed by atoms with Crippen molar-refractivity contribution in [1.29, 1.82) is 0 Å². The Kier molecular flexibility index (Phi) is 5.82. The van der Waals surface area contributed by atoms with Gasteiger partial charge >= 0.3 is 0 Å². The van der Waals surface area contributed by atoms with E-state index in [0.717, 1.165) is 29.5 Å². The van der Waals surface area contributed by atoms with Crippen LogP contribution in [-0.4, -0.2) is 30.6 Å². The molecule has 1 aromatic carbocycles. The fourth-order valence-electron chi connectivity index (χ4n) is 2.72. The van der Waals surface area contributed by atoms with Crippen LogP contribution in [0.4, 0.5) is 5.13 Å². The second-order valence-electron chi connectivity index (χ2n) is 5.77. The number of carbonyl (C=O) groups excluding carboxylic acids is 1. The summed E-state index contributed by atoms with van der Waals surface area (Å²) in [5, 5.41) is 3.93. The number of hydrogen-bond acceptors (Lipinski definition) is 5. The zero-order chi connectivity index (χ0) is 16.8. The minimum atomic E-state index is -0.0727. The number of amides is 1. The van der Waals surface area contributed by atoms with E-state index in [-0.39, 0.29) is 5.91 Å². The number of benzene rings is 1. The van der Waals surface area contributed by atoms with Crippen LogP contribution in [0.5, 0.6) is 0 Å². The molecule has 128 valence electrons. The van der Waals surface area contributed by atoms with Gasteiger partial charge in [-0.3, -0.25) is 4.79 Å². The first kappa shape index (κ1) is 16.9. The van der Waals surface area contributed by atoms with E-state index in [1.165, 1.54) is 24.2 Å². The van der Waals surface area contributed by atoms with Crippen LogP contribution in [0, 0.1) is 0 Å². The van der Waals surface area contributed by atoms with Crippen LogP contribution in [0.3, 0.4) is 0 Å². The number of nitrogens with one attached hydrogen (secondary N) is 1. The van der Waals surface area contributed by atoms with E-state index in [2.05, 4.69) is 15.2 Å².